The van der Waals surface area contributed by atoms with Gasteiger partial charge in [-0.15, -0.1) is 11.3 Å². The molecule has 0 radical (unpaired) electrons. The Labute approximate surface area is 105 Å². The molecule has 0 atom stereocenters. The van der Waals surface area contributed by atoms with Crippen LogP contribution >= 0.6 is 11.3 Å². The number of aryl methyl sites for hydroxylation is 1. The van der Waals surface area contributed by atoms with Crippen molar-refractivity contribution in [3.05, 3.63) is 28.8 Å². The first-order valence-corrected chi connectivity index (χ1v) is 6.93. The number of rotatable bonds is 1. The van der Waals surface area contributed by atoms with Crippen LogP contribution in [0.25, 0.3) is 10.2 Å². The lowest BCUT2D eigenvalue weighted by atomic mass is 9.83. The van der Waals surface area contributed by atoms with Crippen LogP contribution in [0.4, 0.5) is 0 Å². The maximum Gasteiger partial charge on any atom is 0.132 e. The molecule has 1 aliphatic carbocycles. The van der Waals surface area contributed by atoms with Crippen LogP contribution in [-0.2, 0) is 4.79 Å². The summed E-state index contributed by atoms with van der Waals surface area (Å²) in [6.45, 7) is 2.05. The van der Waals surface area contributed by atoms with Crippen molar-refractivity contribution in [2.75, 3.05) is 0 Å². The van der Waals surface area contributed by atoms with Gasteiger partial charge in [-0.1, -0.05) is 6.07 Å². The van der Waals surface area contributed by atoms with Crippen LogP contribution in [0.2, 0.25) is 0 Å². The molecule has 2 aromatic rings. The van der Waals surface area contributed by atoms with Gasteiger partial charge in [0.1, 0.15) is 5.78 Å². The normalized spacial score (nSPS) is 17.8. The predicted octanol–water partition coefficient (Wildman–Crippen LogP) is 3.83. The predicted molar refractivity (Wildman–Crippen MR) is 70.6 cm³/mol. The van der Waals surface area contributed by atoms with E-state index in [4.69, 9.17) is 0 Å². The number of fused-ring (bicyclic) bond motifs is 1. The minimum Gasteiger partial charge on any atom is -0.300 e. The van der Waals surface area contributed by atoms with Gasteiger partial charge >= 0.3 is 0 Å². The Morgan fingerprint density at radius 3 is 2.82 bits per heavy atom. The maximum absolute atomic E-state index is 11.2. The standard InChI is InChI=1S/C14H15NOS/c1-9-15-13-7-4-11(8-14(13)17-9)10-2-5-12(16)6-3-10/h4,7-8,10H,2-3,5-6H2,1H3. The molecule has 0 unspecified atom stereocenters. The fraction of sp³-hybridized carbons (Fsp3) is 0.429. The van der Waals surface area contributed by atoms with Gasteiger partial charge in [0.15, 0.2) is 0 Å². The van der Waals surface area contributed by atoms with E-state index in [2.05, 4.69) is 23.2 Å². The van der Waals surface area contributed by atoms with Crippen LogP contribution in [0.1, 0.15) is 42.2 Å². The van der Waals surface area contributed by atoms with E-state index in [1.165, 1.54) is 10.3 Å². The highest BCUT2D eigenvalue weighted by atomic mass is 32.1. The molecule has 0 spiro atoms. The Kier molecular flexibility index (Phi) is 2.71. The van der Waals surface area contributed by atoms with Crippen molar-refractivity contribution in [1.29, 1.82) is 0 Å². The van der Waals surface area contributed by atoms with Gasteiger partial charge in [-0.25, -0.2) is 4.98 Å². The number of aromatic nitrogens is 1. The highest BCUT2D eigenvalue weighted by Crippen LogP contribution is 2.33. The van der Waals surface area contributed by atoms with Crippen molar-refractivity contribution in [1.82, 2.24) is 4.98 Å². The van der Waals surface area contributed by atoms with E-state index in [1.807, 2.05) is 6.92 Å². The second-order valence-electron chi connectivity index (χ2n) is 4.77. The summed E-state index contributed by atoms with van der Waals surface area (Å²) < 4.78 is 1.27. The second-order valence-corrected chi connectivity index (χ2v) is 6.01. The third kappa shape index (κ3) is 2.12. The first-order chi connectivity index (χ1) is 8.22. The van der Waals surface area contributed by atoms with Crippen LogP contribution in [0.3, 0.4) is 0 Å². The molecule has 3 rings (SSSR count). The van der Waals surface area contributed by atoms with Gasteiger partial charge in [0.05, 0.1) is 15.2 Å². The van der Waals surface area contributed by atoms with Crippen molar-refractivity contribution >= 4 is 27.3 Å². The Bertz CT molecular complexity index is 563. The highest BCUT2D eigenvalue weighted by molar-refractivity contribution is 7.18. The number of hydrogen-bond acceptors (Lipinski definition) is 3. The Morgan fingerprint density at radius 2 is 2.06 bits per heavy atom. The Hall–Kier alpha value is -1.22. The number of benzene rings is 1. The summed E-state index contributed by atoms with van der Waals surface area (Å²) in [5.74, 6) is 0.996. The first-order valence-electron chi connectivity index (χ1n) is 6.11. The fourth-order valence-corrected chi connectivity index (χ4v) is 3.46. The quantitative estimate of drug-likeness (QED) is 0.764. The summed E-state index contributed by atoms with van der Waals surface area (Å²) in [6, 6.07) is 6.56. The first kappa shape index (κ1) is 10.9. The van der Waals surface area contributed by atoms with E-state index in [0.717, 1.165) is 36.2 Å². The molecule has 1 aromatic heterocycles. The lowest BCUT2D eigenvalue weighted by Gasteiger charge is -2.21. The SMILES string of the molecule is Cc1nc2ccc(C3CCC(=O)CC3)cc2s1. The molecular weight excluding hydrogens is 230 g/mol. The van der Waals surface area contributed by atoms with Gasteiger partial charge < -0.3 is 0 Å². The fourth-order valence-electron chi connectivity index (χ4n) is 2.58. The molecule has 0 saturated heterocycles. The molecule has 0 N–H and O–H groups in total. The molecule has 3 heteroatoms. The molecule has 0 bridgehead atoms. The number of carbonyl (C=O) groups is 1. The molecule has 1 fully saturated rings. The third-order valence-electron chi connectivity index (χ3n) is 3.53. The van der Waals surface area contributed by atoms with Crippen LogP contribution in [0.15, 0.2) is 18.2 Å². The lowest BCUT2D eigenvalue weighted by molar-refractivity contribution is -0.120. The van der Waals surface area contributed by atoms with E-state index >= 15 is 0 Å². The number of carbonyl (C=O) groups excluding carboxylic acids is 1. The minimum absolute atomic E-state index is 0.427. The molecule has 88 valence electrons. The van der Waals surface area contributed by atoms with Crippen molar-refractivity contribution in [3.8, 4) is 0 Å². The van der Waals surface area contributed by atoms with Crippen molar-refractivity contribution in [3.63, 3.8) is 0 Å². The Balaban J connectivity index is 1.92. The van der Waals surface area contributed by atoms with Gasteiger partial charge in [0.25, 0.3) is 0 Å². The largest absolute Gasteiger partial charge is 0.300 e. The summed E-state index contributed by atoms with van der Waals surface area (Å²) in [5.41, 5.74) is 2.48. The molecule has 1 heterocycles. The third-order valence-corrected chi connectivity index (χ3v) is 4.47. The van der Waals surface area contributed by atoms with Gasteiger partial charge in [0.2, 0.25) is 0 Å². The van der Waals surface area contributed by atoms with Gasteiger partial charge in [-0.3, -0.25) is 4.79 Å². The molecule has 1 saturated carbocycles. The van der Waals surface area contributed by atoms with Crippen LogP contribution in [0, 0.1) is 6.92 Å². The highest BCUT2D eigenvalue weighted by Gasteiger charge is 2.20. The Morgan fingerprint density at radius 1 is 1.29 bits per heavy atom. The maximum atomic E-state index is 11.2. The van der Waals surface area contributed by atoms with Crippen LogP contribution in [-0.4, -0.2) is 10.8 Å². The number of hydrogen-bond donors (Lipinski definition) is 0. The van der Waals surface area contributed by atoms with E-state index in [9.17, 15) is 4.79 Å². The molecule has 1 aliphatic rings. The number of nitrogens with zero attached hydrogens (tertiary/aromatic N) is 1. The number of ketones is 1. The summed E-state index contributed by atoms with van der Waals surface area (Å²) in [4.78, 5) is 15.7. The van der Waals surface area contributed by atoms with E-state index in [0.29, 0.717) is 11.7 Å². The minimum atomic E-state index is 0.427. The van der Waals surface area contributed by atoms with E-state index in [1.54, 1.807) is 11.3 Å². The van der Waals surface area contributed by atoms with Crippen molar-refractivity contribution < 1.29 is 4.79 Å². The number of thiazole rings is 1. The van der Waals surface area contributed by atoms with Crippen LogP contribution < -0.4 is 0 Å². The summed E-state index contributed by atoms with van der Waals surface area (Å²) in [6.07, 6.45) is 3.54. The van der Waals surface area contributed by atoms with E-state index in [-0.39, 0.29) is 0 Å². The monoisotopic (exact) mass is 245 g/mol. The smallest absolute Gasteiger partial charge is 0.132 e. The zero-order valence-electron chi connectivity index (χ0n) is 9.90. The average Bonchev–Trinajstić information content (AvgIpc) is 2.69. The van der Waals surface area contributed by atoms with E-state index < -0.39 is 0 Å². The van der Waals surface area contributed by atoms with Crippen molar-refractivity contribution in [2.45, 2.75) is 38.5 Å². The molecule has 0 aliphatic heterocycles. The van der Waals surface area contributed by atoms with Crippen LogP contribution in [0.5, 0.6) is 0 Å². The topological polar surface area (TPSA) is 30.0 Å². The molecule has 1 aromatic carbocycles. The zero-order valence-corrected chi connectivity index (χ0v) is 10.7. The second kappa shape index (κ2) is 4.22. The number of Topliss-reactive ketones (excluding diaryl/α,β-unsaturated/α-hetero) is 1. The summed E-state index contributed by atoms with van der Waals surface area (Å²) >= 11 is 1.75. The summed E-state index contributed by atoms with van der Waals surface area (Å²) in [7, 11) is 0. The van der Waals surface area contributed by atoms with Gasteiger partial charge in [0, 0.05) is 12.8 Å². The molecule has 17 heavy (non-hydrogen) atoms. The molecule has 2 nitrogen and oxygen atoms in total. The van der Waals surface area contributed by atoms with Gasteiger partial charge in [-0.05, 0) is 43.4 Å². The lowest BCUT2D eigenvalue weighted by Crippen LogP contribution is -2.12. The zero-order chi connectivity index (χ0) is 11.8. The molecule has 0 amide bonds. The summed E-state index contributed by atoms with van der Waals surface area (Å²) in [5, 5.41) is 1.12. The van der Waals surface area contributed by atoms with Crippen molar-refractivity contribution in [2.24, 2.45) is 0 Å². The average molecular weight is 245 g/mol. The molecular formula is C14H15NOS. The van der Waals surface area contributed by atoms with Gasteiger partial charge in [-0.2, -0.15) is 0 Å².